The minimum atomic E-state index is -0.534. The molecule has 0 heterocycles. The highest BCUT2D eigenvalue weighted by molar-refractivity contribution is 5.85. The van der Waals surface area contributed by atoms with Crippen LogP contribution in [0, 0.1) is 5.82 Å². The van der Waals surface area contributed by atoms with Crippen molar-refractivity contribution < 1.29 is 18.7 Å². The summed E-state index contributed by atoms with van der Waals surface area (Å²) in [6, 6.07) is 11.2. The third-order valence-electron chi connectivity index (χ3n) is 2.68. The van der Waals surface area contributed by atoms with Gasteiger partial charge < -0.3 is 15.2 Å². The molecule has 4 nitrogen and oxygen atoms in total. The number of rotatable bonds is 4. The molecule has 0 aromatic heterocycles. The van der Waals surface area contributed by atoms with Gasteiger partial charge in [-0.25, -0.2) is 4.39 Å². The van der Waals surface area contributed by atoms with E-state index in [1.54, 1.807) is 30.3 Å². The van der Waals surface area contributed by atoms with E-state index in [0.717, 1.165) is 5.56 Å². The molecule has 0 saturated heterocycles. The molecular formula is C15H15ClFNO3. The molecule has 0 unspecified atom stereocenters. The van der Waals surface area contributed by atoms with Gasteiger partial charge in [-0.2, -0.15) is 0 Å². The quantitative estimate of drug-likeness (QED) is 0.695. The fraction of sp³-hybridized carbons (Fsp3) is 0.133. The second-order valence-corrected chi connectivity index (χ2v) is 4.19. The number of halogens is 2. The van der Waals surface area contributed by atoms with Crippen LogP contribution in [0.25, 0.3) is 0 Å². The number of esters is 1. The van der Waals surface area contributed by atoms with Crippen molar-refractivity contribution in [2.45, 2.75) is 6.42 Å². The Bertz CT molecular complexity index is 634. The Kier molecular flexibility index (Phi) is 5.99. The lowest BCUT2D eigenvalue weighted by atomic mass is 10.1. The van der Waals surface area contributed by atoms with Crippen LogP contribution < -0.4 is 10.5 Å². The topological polar surface area (TPSA) is 61.5 Å². The molecular weight excluding hydrogens is 297 g/mol. The maximum atomic E-state index is 13.3. The standard InChI is InChI=1S/C15H14FNO3.ClH/c1-19-15(18)8-10-3-2-4-11(7-10)20-12-5-6-14(17)13(16)9-12;/h2-7,9H,8,17H2,1H3;1H. The Balaban J connectivity index is 0.00000220. The zero-order valence-electron chi connectivity index (χ0n) is 11.3. The molecule has 0 atom stereocenters. The van der Waals surface area contributed by atoms with E-state index >= 15 is 0 Å². The summed E-state index contributed by atoms with van der Waals surface area (Å²) in [5.74, 6) is -0.0172. The van der Waals surface area contributed by atoms with Crippen molar-refractivity contribution in [1.29, 1.82) is 0 Å². The van der Waals surface area contributed by atoms with Crippen LogP contribution in [-0.4, -0.2) is 13.1 Å². The van der Waals surface area contributed by atoms with Gasteiger partial charge in [0.05, 0.1) is 19.2 Å². The maximum Gasteiger partial charge on any atom is 0.309 e. The van der Waals surface area contributed by atoms with Crippen molar-refractivity contribution in [1.82, 2.24) is 0 Å². The first kappa shape index (κ1) is 16.8. The molecule has 0 bridgehead atoms. The van der Waals surface area contributed by atoms with Crippen LogP contribution in [0.15, 0.2) is 42.5 Å². The molecule has 2 aromatic carbocycles. The van der Waals surface area contributed by atoms with Gasteiger partial charge in [-0.05, 0) is 29.8 Å². The van der Waals surface area contributed by atoms with Gasteiger partial charge in [-0.15, -0.1) is 12.4 Å². The minimum Gasteiger partial charge on any atom is -0.469 e. The Hall–Kier alpha value is -2.27. The van der Waals surface area contributed by atoms with E-state index < -0.39 is 5.82 Å². The van der Waals surface area contributed by atoms with Gasteiger partial charge in [0, 0.05) is 6.07 Å². The van der Waals surface area contributed by atoms with Gasteiger partial charge in [0.15, 0.2) is 0 Å². The number of benzene rings is 2. The summed E-state index contributed by atoms with van der Waals surface area (Å²) in [6.45, 7) is 0. The Morgan fingerprint density at radius 1 is 1.19 bits per heavy atom. The van der Waals surface area contributed by atoms with Gasteiger partial charge in [-0.1, -0.05) is 12.1 Å². The fourth-order valence-corrected chi connectivity index (χ4v) is 1.67. The molecule has 0 aliphatic carbocycles. The highest BCUT2D eigenvalue weighted by Crippen LogP contribution is 2.25. The molecule has 2 N–H and O–H groups in total. The Morgan fingerprint density at radius 3 is 2.57 bits per heavy atom. The number of nitrogens with two attached hydrogens (primary N) is 1. The van der Waals surface area contributed by atoms with Crippen LogP contribution in [0.1, 0.15) is 5.56 Å². The largest absolute Gasteiger partial charge is 0.469 e. The van der Waals surface area contributed by atoms with Crippen LogP contribution in [-0.2, 0) is 16.0 Å². The summed E-state index contributed by atoms with van der Waals surface area (Å²) in [6.07, 6.45) is 0.157. The maximum absolute atomic E-state index is 13.3. The van der Waals surface area contributed by atoms with Crippen LogP contribution in [0.3, 0.4) is 0 Å². The van der Waals surface area contributed by atoms with Gasteiger partial charge in [0.2, 0.25) is 0 Å². The van der Waals surface area contributed by atoms with Crippen molar-refractivity contribution in [2.24, 2.45) is 0 Å². The number of methoxy groups -OCH3 is 1. The lowest BCUT2D eigenvalue weighted by Gasteiger charge is -2.08. The van der Waals surface area contributed by atoms with Crippen molar-refractivity contribution in [3.05, 3.63) is 53.8 Å². The summed E-state index contributed by atoms with van der Waals surface area (Å²) in [5.41, 5.74) is 6.22. The van der Waals surface area contributed by atoms with Crippen molar-refractivity contribution >= 4 is 24.1 Å². The first-order chi connectivity index (χ1) is 9.58. The first-order valence-corrected chi connectivity index (χ1v) is 5.97. The summed E-state index contributed by atoms with van der Waals surface area (Å²) < 4.78 is 23.4. The highest BCUT2D eigenvalue weighted by Gasteiger charge is 2.06. The van der Waals surface area contributed by atoms with Crippen molar-refractivity contribution in [2.75, 3.05) is 12.8 Å². The van der Waals surface area contributed by atoms with Crippen LogP contribution in [0.4, 0.5) is 10.1 Å². The molecule has 0 radical (unpaired) electrons. The Labute approximate surface area is 128 Å². The summed E-state index contributed by atoms with van der Waals surface area (Å²) in [7, 11) is 1.33. The van der Waals surface area contributed by atoms with E-state index in [9.17, 15) is 9.18 Å². The van der Waals surface area contributed by atoms with Gasteiger partial charge >= 0.3 is 5.97 Å². The number of nitrogen functional groups attached to an aromatic ring is 1. The molecule has 2 aromatic rings. The molecule has 0 aliphatic rings. The molecule has 0 fully saturated rings. The smallest absolute Gasteiger partial charge is 0.309 e. The van der Waals surface area contributed by atoms with Crippen LogP contribution >= 0.6 is 12.4 Å². The lowest BCUT2D eigenvalue weighted by Crippen LogP contribution is -2.04. The van der Waals surface area contributed by atoms with Crippen molar-refractivity contribution in [3.8, 4) is 11.5 Å². The molecule has 6 heteroatoms. The van der Waals surface area contributed by atoms with E-state index in [0.29, 0.717) is 11.5 Å². The number of hydrogen-bond donors (Lipinski definition) is 1. The predicted molar refractivity (Wildman–Crippen MR) is 80.3 cm³/mol. The molecule has 0 amide bonds. The second-order valence-electron chi connectivity index (χ2n) is 4.19. The molecule has 2 rings (SSSR count). The first-order valence-electron chi connectivity index (χ1n) is 5.97. The normalized spacial score (nSPS) is 9.62. The van der Waals surface area contributed by atoms with Gasteiger partial charge in [0.25, 0.3) is 0 Å². The number of anilines is 1. The van der Waals surface area contributed by atoms with Gasteiger partial charge in [0.1, 0.15) is 17.3 Å². The van der Waals surface area contributed by atoms with Crippen LogP contribution in [0.5, 0.6) is 11.5 Å². The number of hydrogen-bond acceptors (Lipinski definition) is 4. The molecule has 21 heavy (non-hydrogen) atoms. The van der Waals surface area contributed by atoms with E-state index in [4.69, 9.17) is 10.5 Å². The third-order valence-corrected chi connectivity index (χ3v) is 2.68. The minimum absolute atomic E-state index is 0. The van der Waals surface area contributed by atoms with E-state index in [2.05, 4.69) is 4.74 Å². The summed E-state index contributed by atoms with van der Waals surface area (Å²) >= 11 is 0. The summed E-state index contributed by atoms with van der Waals surface area (Å²) in [5, 5.41) is 0. The number of carbonyl (C=O) groups is 1. The zero-order valence-corrected chi connectivity index (χ0v) is 12.2. The number of ether oxygens (including phenoxy) is 2. The third kappa shape index (κ3) is 4.65. The van der Waals surface area contributed by atoms with E-state index in [-0.39, 0.29) is 30.5 Å². The van der Waals surface area contributed by atoms with Gasteiger partial charge in [-0.3, -0.25) is 4.79 Å². The van der Waals surface area contributed by atoms with E-state index in [1.807, 2.05) is 0 Å². The average Bonchev–Trinajstić information content (AvgIpc) is 2.43. The molecule has 0 saturated carbocycles. The predicted octanol–water partition coefficient (Wildman–Crippen LogP) is 3.34. The summed E-state index contributed by atoms with van der Waals surface area (Å²) in [4.78, 5) is 11.2. The average molecular weight is 312 g/mol. The second kappa shape index (κ2) is 7.50. The number of carbonyl (C=O) groups excluding carboxylic acids is 1. The van der Waals surface area contributed by atoms with E-state index in [1.165, 1.54) is 19.2 Å². The molecule has 0 aliphatic heterocycles. The lowest BCUT2D eigenvalue weighted by molar-refractivity contribution is -0.139. The fourth-order valence-electron chi connectivity index (χ4n) is 1.67. The highest BCUT2D eigenvalue weighted by atomic mass is 35.5. The monoisotopic (exact) mass is 311 g/mol. The Morgan fingerprint density at radius 2 is 1.90 bits per heavy atom. The van der Waals surface area contributed by atoms with Crippen LogP contribution in [0.2, 0.25) is 0 Å². The molecule has 0 spiro atoms. The molecule has 112 valence electrons. The zero-order chi connectivity index (χ0) is 14.5. The van der Waals surface area contributed by atoms with Crippen molar-refractivity contribution in [3.63, 3.8) is 0 Å². The SMILES string of the molecule is COC(=O)Cc1cccc(Oc2ccc(N)c(F)c2)c1.Cl.